The molecule has 0 aliphatic rings. The van der Waals surface area contributed by atoms with E-state index in [0.29, 0.717) is 5.65 Å². The van der Waals surface area contributed by atoms with E-state index in [9.17, 15) is 4.39 Å². The Morgan fingerprint density at radius 3 is 2.80 bits per heavy atom. The van der Waals surface area contributed by atoms with Gasteiger partial charge in [0.1, 0.15) is 0 Å². The molecule has 0 aromatic carbocycles. The van der Waals surface area contributed by atoms with Crippen LogP contribution in [0.3, 0.4) is 0 Å². The summed E-state index contributed by atoms with van der Waals surface area (Å²) in [5.41, 5.74) is 2.40. The fourth-order valence-corrected chi connectivity index (χ4v) is 1.76. The smallest absolute Gasteiger partial charge is 0.173 e. The highest BCUT2D eigenvalue weighted by Crippen LogP contribution is 2.14. The molecule has 3 heteroatoms. The van der Waals surface area contributed by atoms with Gasteiger partial charge in [-0.1, -0.05) is 20.3 Å². The summed E-state index contributed by atoms with van der Waals surface area (Å²) >= 11 is 0. The highest BCUT2D eigenvalue weighted by molar-refractivity contribution is 5.43. The average molecular weight is 206 g/mol. The first-order valence-corrected chi connectivity index (χ1v) is 5.40. The number of halogens is 1. The Labute approximate surface area is 88.8 Å². The van der Waals surface area contributed by atoms with Gasteiger partial charge < -0.3 is 4.40 Å². The molecule has 0 N–H and O–H groups in total. The molecule has 80 valence electrons. The summed E-state index contributed by atoms with van der Waals surface area (Å²) in [5, 5.41) is 0. The van der Waals surface area contributed by atoms with Crippen molar-refractivity contribution in [1.82, 2.24) is 9.38 Å². The lowest BCUT2D eigenvalue weighted by Crippen LogP contribution is -1.93. The van der Waals surface area contributed by atoms with Crippen molar-refractivity contribution >= 4 is 5.65 Å². The molecule has 2 rings (SSSR count). The highest BCUT2D eigenvalue weighted by Gasteiger charge is 2.07. The van der Waals surface area contributed by atoms with Crippen LogP contribution >= 0.6 is 0 Å². The van der Waals surface area contributed by atoms with Gasteiger partial charge in [0.15, 0.2) is 11.5 Å². The predicted molar refractivity (Wildman–Crippen MR) is 58.5 cm³/mol. The first-order valence-electron chi connectivity index (χ1n) is 5.40. The zero-order valence-electron chi connectivity index (χ0n) is 9.13. The van der Waals surface area contributed by atoms with Gasteiger partial charge in [0.05, 0.1) is 5.69 Å². The molecule has 0 amide bonds. The molecule has 2 aromatic heterocycles. The van der Waals surface area contributed by atoms with Crippen LogP contribution in [0.5, 0.6) is 0 Å². The molecule has 2 aromatic rings. The van der Waals surface area contributed by atoms with Gasteiger partial charge in [0, 0.05) is 12.4 Å². The van der Waals surface area contributed by atoms with Crippen molar-refractivity contribution in [3.05, 3.63) is 35.5 Å². The van der Waals surface area contributed by atoms with E-state index in [0.717, 1.165) is 30.5 Å². The molecule has 0 unspecified atom stereocenters. The van der Waals surface area contributed by atoms with Gasteiger partial charge >= 0.3 is 0 Å². The van der Waals surface area contributed by atoms with Gasteiger partial charge in [-0.05, 0) is 24.5 Å². The molecule has 0 saturated carbocycles. The molecule has 0 atom stereocenters. The van der Waals surface area contributed by atoms with E-state index in [2.05, 4.69) is 11.9 Å². The third kappa shape index (κ3) is 1.87. The van der Waals surface area contributed by atoms with Crippen LogP contribution in [0.4, 0.5) is 4.39 Å². The number of pyridine rings is 1. The van der Waals surface area contributed by atoms with E-state index in [1.807, 2.05) is 19.3 Å². The number of rotatable bonds is 3. The van der Waals surface area contributed by atoms with Crippen LogP contribution in [0, 0.1) is 5.82 Å². The van der Waals surface area contributed by atoms with E-state index in [-0.39, 0.29) is 5.82 Å². The van der Waals surface area contributed by atoms with Crippen molar-refractivity contribution in [2.45, 2.75) is 33.1 Å². The van der Waals surface area contributed by atoms with Gasteiger partial charge in [0.25, 0.3) is 0 Å². The predicted octanol–water partition coefficient (Wildman–Crippen LogP) is 2.99. The van der Waals surface area contributed by atoms with Crippen molar-refractivity contribution < 1.29 is 4.39 Å². The Hall–Kier alpha value is -1.38. The first kappa shape index (κ1) is 10.1. The minimum atomic E-state index is -0.222. The summed E-state index contributed by atoms with van der Waals surface area (Å²) in [6.07, 6.45) is 6.64. The summed E-state index contributed by atoms with van der Waals surface area (Å²) in [6.45, 7) is 4.11. The normalized spacial score (nSPS) is 11.1. The maximum absolute atomic E-state index is 13.6. The monoisotopic (exact) mass is 206 g/mol. The van der Waals surface area contributed by atoms with E-state index < -0.39 is 0 Å². The Kier molecular flexibility index (Phi) is 2.71. The standard InChI is InChI=1S/C12H15FN2/c1-3-5-9-6-11(13)12-14-10(4-2)8-15(12)7-9/h6-8H,3-5H2,1-2H3. The van der Waals surface area contributed by atoms with Crippen molar-refractivity contribution in [3.8, 4) is 0 Å². The topological polar surface area (TPSA) is 17.3 Å². The third-order valence-electron chi connectivity index (χ3n) is 2.51. The molecule has 0 fully saturated rings. The quantitative estimate of drug-likeness (QED) is 0.754. The number of imidazole rings is 1. The summed E-state index contributed by atoms with van der Waals surface area (Å²) < 4.78 is 15.4. The molecule has 0 aliphatic heterocycles. The summed E-state index contributed by atoms with van der Waals surface area (Å²) in [5.74, 6) is -0.222. The average Bonchev–Trinajstić information content (AvgIpc) is 2.62. The molecule has 0 aliphatic carbocycles. The Bertz CT molecular complexity index is 474. The number of nitrogens with zero attached hydrogens (tertiary/aromatic N) is 2. The summed E-state index contributed by atoms with van der Waals surface area (Å²) in [4.78, 5) is 4.22. The van der Waals surface area contributed by atoms with E-state index in [4.69, 9.17) is 0 Å². The van der Waals surface area contributed by atoms with Crippen LogP contribution in [0.1, 0.15) is 31.5 Å². The lowest BCUT2D eigenvalue weighted by Gasteiger charge is -2.01. The molecule has 0 saturated heterocycles. The number of hydrogen-bond donors (Lipinski definition) is 0. The zero-order valence-corrected chi connectivity index (χ0v) is 9.13. The maximum Gasteiger partial charge on any atom is 0.173 e. The lowest BCUT2D eigenvalue weighted by atomic mass is 10.2. The Balaban J connectivity index is 2.54. The molecular formula is C12H15FN2. The largest absolute Gasteiger partial charge is 0.304 e. The second kappa shape index (κ2) is 4.01. The van der Waals surface area contributed by atoms with E-state index in [1.54, 1.807) is 10.5 Å². The molecule has 2 nitrogen and oxygen atoms in total. The minimum absolute atomic E-state index is 0.222. The van der Waals surface area contributed by atoms with E-state index in [1.165, 1.54) is 0 Å². The lowest BCUT2D eigenvalue weighted by molar-refractivity contribution is 0.626. The van der Waals surface area contributed by atoms with Crippen LogP contribution < -0.4 is 0 Å². The number of aryl methyl sites for hydroxylation is 2. The van der Waals surface area contributed by atoms with Crippen LogP contribution in [0.25, 0.3) is 5.65 Å². The van der Waals surface area contributed by atoms with Crippen molar-refractivity contribution in [2.24, 2.45) is 0 Å². The van der Waals surface area contributed by atoms with Crippen LogP contribution in [0.15, 0.2) is 18.5 Å². The van der Waals surface area contributed by atoms with Crippen LogP contribution in [-0.2, 0) is 12.8 Å². The maximum atomic E-state index is 13.6. The van der Waals surface area contributed by atoms with Crippen molar-refractivity contribution in [1.29, 1.82) is 0 Å². The van der Waals surface area contributed by atoms with Gasteiger partial charge in [-0.2, -0.15) is 0 Å². The van der Waals surface area contributed by atoms with Crippen molar-refractivity contribution in [2.75, 3.05) is 0 Å². The third-order valence-corrected chi connectivity index (χ3v) is 2.51. The Morgan fingerprint density at radius 2 is 2.13 bits per heavy atom. The number of aromatic nitrogens is 2. The SMILES string of the molecule is CCCc1cc(F)c2nc(CC)cn2c1. The van der Waals surface area contributed by atoms with Crippen molar-refractivity contribution in [3.63, 3.8) is 0 Å². The second-order valence-corrected chi connectivity index (χ2v) is 3.76. The molecule has 0 radical (unpaired) electrons. The fraction of sp³-hybridized carbons (Fsp3) is 0.417. The molecule has 0 bridgehead atoms. The number of fused-ring (bicyclic) bond motifs is 1. The minimum Gasteiger partial charge on any atom is -0.304 e. The molecule has 15 heavy (non-hydrogen) atoms. The molecular weight excluding hydrogens is 191 g/mol. The van der Waals surface area contributed by atoms with Crippen LogP contribution in [0.2, 0.25) is 0 Å². The zero-order chi connectivity index (χ0) is 10.8. The molecule has 0 spiro atoms. The first-order chi connectivity index (χ1) is 7.24. The summed E-state index contributed by atoms with van der Waals surface area (Å²) in [7, 11) is 0. The number of hydrogen-bond acceptors (Lipinski definition) is 1. The van der Waals surface area contributed by atoms with E-state index >= 15 is 0 Å². The highest BCUT2D eigenvalue weighted by atomic mass is 19.1. The summed E-state index contributed by atoms with van der Waals surface area (Å²) in [6, 6.07) is 1.59. The van der Waals surface area contributed by atoms with Gasteiger partial charge in [0.2, 0.25) is 0 Å². The fourth-order valence-electron chi connectivity index (χ4n) is 1.76. The molecule has 2 heterocycles. The second-order valence-electron chi connectivity index (χ2n) is 3.76. The van der Waals surface area contributed by atoms with Gasteiger partial charge in [-0.15, -0.1) is 0 Å². The Morgan fingerprint density at radius 1 is 1.33 bits per heavy atom. The van der Waals surface area contributed by atoms with Crippen LogP contribution in [-0.4, -0.2) is 9.38 Å². The van der Waals surface area contributed by atoms with Gasteiger partial charge in [-0.25, -0.2) is 9.37 Å². The van der Waals surface area contributed by atoms with Gasteiger partial charge in [-0.3, -0.25) is 0 Å².